The van der Waals surface area contributed by atoms with Crippen LogP contribution in [0.4, 0.5) is 10.1 Å². The van der Waals surface area contributed by atoms with Crippen molar-refractivity contribution in [1.29, 1.82) is 5.41 Å². The van der Waals surface area contributed by atoms with Crippen molar-refractivity contribution in [2.45, 2.75) is 32.9 Å². The first-order valence-corrected chi connectivity index (χ1v) is 11.0. The van der Waals surface area contributed by atoms with Crippen LogP contribution in [0.25, 0.3) is 0 Å². The summed E-state index contributed by atoms with van der Waals surface area (Å²) in [5.41, 5.74) is 7.21. The Balaban J connectivity index is 2.13. The maximum absolute atomic E-state index is 15.7. The highest BCUT2D eigenvalue weighted by atomic mass is 79.9. The molecule has 0 bridgehead atoms. The zero-order valence-corrected chi connectivity index (χ0v) is 20.0. The van der Waals surface area contributed by atoms with E-state index in [0.29, 0.717) is 39.6 Å². The third kappa shape index (κ3) is 5.40. The summed E-state index contributed by atoms with van der Waals surface area (Å²) < 4.78 is 29.6. The van der Waals surface area contributed by atoms with E-state index in [1.807, 2.05) is 32.4 Å². The van der Waals surface area contributed by atoms with Gasteiger partial charge in [-0.2, -0.15) is 0 Å². The number of anilines is 1. The van der Waals surface area contributed by atoms with Gasteiger partial charge in [0.1, 0.15) is 28.1 Å². The number of hydrogen-bond donors (Lipinski definition) is 3. The molecule has 3 rings (SSSR count). The normalized spacial score (nSPS) is 12.0. The van der Waals surface area contributed by atoms with E-state index in [1.165, 1.54) is 0 Å². The van der Waals surface area contributed by atoms with Crippen LogP contribution in [0.2, 0.25) is 0 Å². The van der Waals surface area contributed by atoms with Crippen molar-refractivity contribution in [2.24, 2.45) is 12.8 Å². The molecule has 0 fully saturated rings. The maximum atomic E-state index is 15.7. The molecule has 170 valence electrons. The van der Waals surface area contributed by atoms with Gasteiger partial charge in [0.2, 0.25) is 0 Å². The Morgan fingerprint density at radius 3 is 2.50 bits per heavy atom. The quantitative estimate of drug-likeness (QED) is 0.282. The molecule has 0 spiro atoms. The highest BCUT2D eigenvalue weighted by molar-refractivity contribution is 9.10. The largest absolute Gasteiger partial charge is 0.494 e. The summed E-state index contributed by atoms with van der Waals surface area (Å²) in [7, 11) is 1.84. The minimum absolute atomic E-state index is 0.0212. The predicted octanol–water partition coefficient (Wildman–Crippen LogP) is 4.99. The van der Waals surface area contributed by atoms with Gasteiger partial charge in [-0.15, -0.1) is 0 Å². The van der Waals surface area contributed by atoms with Gasteiger partial charge in [0.05, 0.1) is 12.7 Å². The third-order valence-electron chi connectivity index (χ3n) is 4.67. The van der Waals surface area contributed by atoms with Crippen LogP contribution in [0, 0.1) is 11.2 Å². The van der Waals surface area contributed by atoms with E-state index in [2.05, 4.69) is 26.2 Å². The summed E-state index contributed by atoms with van der Waals surface area (Å²) in [5, 5.41) is 10.9. The molecule has 0 aliphatic heterocycles. The van der Waals surface area contributed by atoms with Gasteiger partial charge >= 0.3 is 0 Å². The number of ether oxygens (including phenoxy) is 2. The van der Waals surface area contributed by atoms with Gasteiger partial charge < -0.3 is 25.1 Å². The molecule has 1 atom stereocenters. The van der Waals surface area contributed by atoms with Crippen LogP contribution in [-0.4, -0.2) is 28.1 Å². The minimum Gasteiger partial charge on any atom is -0.494 e. The van der Waals surface area contributed by atoms with E-state index in [9.17, 15) is 0 Å². The summed E-state index contributed by atoms with van der Waals surface area (Å²) in [5.74, 6) is 0.710. The number of hydrogen-bond acceptors (Lipinski definition) is 5. The van der Waals surface area contributed by atoms with E-state index in [0.717, 1.165) is 0 Å². The number of amidine groups is 1. The highest BCUT2D eigenvalue weighted by Gasteiger charge is 2.26. The average molecular weight is 504 g/mol. The second-order valence-corrected chi connectivity index (χ2v) is 8.34. The zero-order valence-electron chi connectivity index (χ0n) is 18.4. The number of imidazole rings is 1. The van der Waals surface area contributed by atoms with Crippen molar-refractivity contribution in [2.75, 3.05) is 11.9 Å². The van der Waals surface area contributed by atoms with E-state index >= 15 is 4.39 Å². The van der Waals surface area contributed by atoms with Crippen molar-refractivity contribution < 1.29 is 13.9 Å². The second-order valence-electron chi connectivity index (χ2n) is 7.53. The Labute approximate surface area is 195 Å². The molecule has 3 aromatic rings. The van der Waals surface area contributed by atoms with Crippen LogP contribution in [0.3, 0.4) is 0 Å². The lowest BCUT2D eigenvalue weighted by Crippen LogP contribution is -2.19. The van der Waals surface area contributed by atoms with Crippen LogP contribution in [-0.2, 0) is 7.05 Å². The first kappa shape index (κ1) is 23.6. The highest BCUT2D eigenvalue weighted by Crippen LogP contribution is 2.36. The molecule has 4 N–H and O–H groups in total. The van der Waals surface area contributed by atoms with Crippen molar-refractivity contribution >= 4 is 27.5 Å². The number of halogens is 2. The van der Waals surface area contributed by atoms with Crippen LogP contribution < -0.4 is 20.5 Å². The summed E-state index contributed by atoms with van der Waals surface area (Å²) in [6.45, 7) is 5.99. The number of nitrogens with zero attached hydrogens (tertiary/aromatic N) is 2. The van der Waals surface area contributed by atoms with Crippen LogP contribution in [0.5, 0.6) is 11.5 Å². The molecule has 1 aromatic heterocycles. The molecule has 9 heteroatoms. The van der Waals surface area contributed by atoms with Crippen molar-refractivity contribution in [3.05, 3.63) is 70.0 Å². The Kier molecular flexibility index (Phi) is 7.40. The number of nitrogen functional groups attached to an aromatic ring is 1. The fourth-order valence-electron chi connectivity index (χ4n) is 3.30. The number of aryl methyl sites for hydroxylation is 1. The fourth-order valence-corrected chi connectivity index (χ4v) is 3.79. The summed E-state index contributed by atoms with van der Waals surface area (Å²) in [6.07, 6.45) is 1.60. The van der Waals surface area contributed by atoms with E-state index in [4.69, 9.17) is 20.6 Å². The van der Waals surface area contributed by atoms with Crippen molar-refractivity contribution in [3.8, 4) is 11.5 Å². The number of benzene rings is 2. The van der Waals surface area contributed by atoms with Gasteiger partial charge in [-0.05, 0) is 67.0 Å². The van der Waals surface area contributed by atoms with Crippen LogP contribution in [0.1, 0.15) is 43.8 Å². The van der Waals surface area contributed by atoms with Gasteiger partial charge in [0.25, 0.3) is 0 Å². The SMILES string of the molecule is CCOc1cc(OC(C)C)c(F)c(C(Nc2ccc(C(=N)N)cc2)c2nc(Br)cn2C)c1. The van der Waals surface area contributed by atoms with E-state index in [-0.39, 0.29) is 17.7 Å². The number of nitrogens with two attached hydrogens (primary N) is 1. The van der Waals surface area contributed by atoms with Gasteiger partial charge in [0, 0.05) is 36.1 Å². The van der Waals surface area contributed by atoms with E-state index < -0.39 is 11.9 Å². The zero-order chi connectivity index (χ0) is 23.4. The third-order valence-corrected chi connectivity index (χ3v) is 5.06. The molecule has 1 heterocycles. The van der Waals surface area contributed by atoms with E-state index in [1.54, 1.807) is 42.6 Å². The molecule has 32 heavy (non-hydrogen) atoms. The number of rotatable bonds is 9. The van der Waals surface area contributed by atoms with Crippen LogP contribution in [0.15, 0.2) is 47.2 Å². The molecule has 0 radical (unpaired) electrons. The first-order chi connectivity index (χ1) is 15.2. The molecule has 0 saturated carbocycles. The lowest BCUT2D eigenvalue weighted by atomic mass is 10.0. The smallest absolute Gasteiger partial charge is 0.171 e. The molecule has 1 unspecified atom stereocenters. The number of nitrogens with one attached hydrogen (secondary N) is 2. The summed E-state index contributed by atoms with van der Waals surface area (Å²) in [6, 6.07) is 9.62. The molecule has 7 nitrogen and oxygen atoms in total. The molecular formula is C23H27BrFN5O2. The topological polar surface area (TPSA) is 98.2 Å². The van der Waals surface area contributed by atoms with Gasteiger partial charge in [-0.3, -0.25) is 5.41 Å². The van der Waals surface area contributed by atoms with Gasteiger partial charge in [0.15, 0.2) is 11.6 Å². The molecule has 0 aliphatic carbocycles. The Hall–Kier alpha value is -3.07. The number of aromatic nitrogens is 2. The first-order valence-electron chi connectivity index (χ1n) is 10.2. The molecule has 0 amide bonds. The maximum Gasteiger partial charge on any atom is 0.171 e. The molecule has 2 aromatic carbocycles. The van der Waals surface area contributed by atoms with Gasteiger partial charge in [-0.25, -0.2) is 9.37 Å². The van der Waals surface area contributed by atoms with Gasteiger partial charge in [-0.1, -0.05) is 0 Å². The molecule has 0 aliphatic rings. The summed E-state index contributed by atoms with van der Waals surface area (Å²) in [4.78, 5) is 4.55. The second kappa shape index (κ2) is 10.0. The standard InChI is InChI=1S/C23H27BrFN5O2/c1-5-31-16-10-17(20(25)18(11-16)32-13(2)3)21(23-29-19(24)12-30(23)4)28-15-8-6-14(7-9-15)22(26)27/h6-13,21,28H,5H2,1-4H3,(H3,26,27). The Morgan fingerprint density at radius 2 is 1.97 bits per heavy atom. The predicted molar refractivity (Wildman–Crippen MR) is 127 cm³/mol. The Bertz CT molecular complexity index is 1100. The lowest BCUT2D eigenvalue weighted by molar-refractivity contribution is 0.228. The fraction of sp³-hybridized carbons (Fsp3) is 0.304. The molecular weight excluding hydrogens is 477 g/mol. The monoisotopic (exact) mass is 503 g/mol. The summed E-state index contributed by atoms with van der Waals surface area (Å²) >= 11 is 3.40. The van der Waals surface area contributed by atoms with Crippen molar-refractivity contribution in [1.82, 2.24) is 9.55 Å². The van der Waals surface area contributed by atoms with Crippen LogP contribution >= 0.6 is 15.9 Å². The lowest BCUT2D eigenvalue weighted by Gasteiger charge is -2.23. The Morgan fingerprint density at radius 1 is 1.28 bits per heavy atom. The minimum atomic E-state index is -0.649. The van der Waals surface area contributed by atoms with Crippen molar-refractivity contribution in [3.63, 3.8) is 0 Å². The molecule has 0 saturated heterocycles. The average Bonchev–Trinajstić information content (AvgIpc) is 3.06.